The summed E-state index contributed by atoms with van der Waals surface area (Å²) in [6.45, 7) is 0. The molecule has 5 nitrogen and oxygen atoms in total. The number of hydrogen-bond donors (Lipinski definition) is 2. The largest absolute Gasteiger partial charge is 0.481 e. The van der Waals surface area contributed by atoms with Gasteiger partial charge in [-0.15, -0.1) is 0 Å². The van der Waals surface area contributed by atoms with Gasteiger partial charge >= 0.3 is 18.3 Å². The molecule has 0 spiro atoms. The van der Waals surface area contributed by atoms with Crippen molar-refractivity contribution in [1.82, 2.24) is 0 Å². The third kappa shape index (κ3) is 3.76. The average molecular weight is 500 g/mol. The first-order valence-corrected chi connectivity index (χ1v) is 10.7. The Morgan fingerprint density at radius 3 is 1.73 bits per heavy atom. The molecular formula is C20H15F7O5S. The SMILES string of the molecule is O=C(O)[C@H]1C[C@@](c2ccc(C(O)(C(F)(F)F)C(F)(F)F)cc2)(S(=O)(=O)c2ccc(F)cc2)C1. The summed E-state index contributed by atoms with van der Waals surface area (Å²) in [7, 11) is -4.44. The highest BCUT2D eigenvalue weighted by Gasteiger charge is 2.71. The number of sulfone groups is 1. The minimum Gasteiger partial charge on any atom is -0.481 e. The van der Waals surface area contributed by atoms with Crippen LogP contribution in [0.15, 0.2) is 53.4 Å². The lowest BCUT2D eigenvalue weighted by molar-refractivity contribution is -0.376. The summed E-state index contributed by atoms with van der Waals surface area (Å²) in [5.41, 5.74) is -7.06. The first-order valence-electron chi connectivity index (χ1n) is 9.17. The maximum absolute atomic E-state index is 13.3. The summed E-state index contributed by atoms with van der Waals surface area (Å²) in [5.74, 6) is -3.23. The summed E-state index contributed by atoms with van der Waals surface area (Å²) in [4.78, 5) is 10.9. The lowest BCUT2D eigenvalue weighted by Crippen LogP contribution is -2.54. The Hall–Kier alpha value is -2.67. The van der Waals surface area contributed by atoms with E-state index in [1.54, 1.807) is 0 Å². The Bertz CT molecular complexity index is 1130. The molecule has 3 rings (SSSR count). The molecule has 1 fully saturated rings. The predicted molar refractivity (Wildman–Crippen MR) is 98.1 cm³/mol. The van der Waals surface area contributed by atoms with E-state index < -0.39 is 73.5 Å². The molecule has 0 heterocycles. The van der Waals surface area contributed by atoms with Gasteiger partial charge in [-0.25, -0.2) is 12.8 Å². The van der Waals surface area contributed by atoms with Gasteiger partial charge in [0.1, 0.15) is 10.6 Å². The molecule has 0 amide bonds. The molecule has 1 aliphatic rings. The molecular weight excluding hydrogens is 485 g/mol. The number of carbonyl (C=O) groups is 1. The summed E-state index contributed by atoms with van der Waals surface area (Å²) < 4.78 is 117. The van der Waals surface area contributed by atoms with E-state index in [-0.39, 0.29) is 5.56 Å². The second-order valence-corrected chi connectivity index (χ2v) is 9.94. The van der Waals surface area contributed by atoms with Crippen LogP contribution in [0, 0.1) is 11.7 Å². The monoisotopic (exact) mass is 500 g/mol. The molecule has 0 atom stereocenters. The topological polar surface area (TPSA) is 91.7 Å². The van der Waals surface area contributed by atoms with E-state index in [1.165, 1.54) is 0 Å². The Balaban J connectivity index is 2.13. The first-order chi connectivity index (χ1) is 15.0. The van der Waals surface area contributed by atoms with Gasteiger partial charge in [0.25, 0.3) is 5.60 Å². The number of aliphatic carboxylic acids is 1. The van der Waals surface area contributed by atoms with Gasteiger partial charge in [-0.2, -0.15) is 26.3 Å². The van der Waals surface area contributed by atoms with Crippen molar-refractivity contribution in [3.63, 3.8) is 0 Å². The highest BCUT2D eigenvalue weighted by Crippen LogP contribution is 2.55. The lowest BCUT2D eigenvalue weighted by atomic mass is 9.70. The van der Waals surface area contributed by atoms with Gasteiger partial charge < -0.3 is 10.2 Å². The predicted octanol–water partition coefficient (Wildman–Crippen LogP) is 4.30. The minimum atomic E-state index is -6.13. The van der Waals surface area contributed by atoms with E-state index in [4.69, 9.17) is 0 Å². The van der Waals surface area contributed by atoms with E-state index in [1.807, 2.05) is 0 Å². The van der Waals surface area contributed by atoms with Crippen molar-refractivity contribution in [2.75, 3.05) is 0 Å². The maximum Gasteiger partial charge on any atom is 0.430 e. The fourth-order valence-corrected chi connectivity index (χ4v) is 6.10. The molecule has 2 aromatic carbocycles. The van der Waals surface area contributed by atoms with Crippen LogP contribution in [0.3, 0.4) is 0 Å². The molecule has 180 valence electrons. The summed E-state index contributed by atoms with van der Waals surface area (Å²) in [5, 5.41) is 18.7. The molecule has 1 saturated carbocycles. The van der Waals surface area contributed by atoms with E-state index in [0.717, 1.165) is 24.3 Å². The van der Waals surface area contributed by atoms with Crippen LogP contribution in [0.2, 0.25) is 0 Å². The molecule has 33 heavy (non-hydrogen) atoms. The summed E-state index contributed by atoms with van der Waals surface area (Å²) in [6, 6.07) is 5.46. The third-order valence-corrected chi connectivity index (χ3v) is 8.28. The average Bonchev–Trinajstić information content (AvgIpc) is 2.65. The van der Waals surface area contributed by atoms with Crippen LogP contribution >= 0.6 is 0 Å². The molecule has 0 unspecified atom stereocenters. The number of hydrogen-bond acceptors (Lipinski definition) is 4. The normalized spacial score (nSPS) is 22.0. The van der Waals surface area contributed by atoms with Crippen molar-refractivity contribution >= 4 is 15.8 Å². The zero-order valence-electron chi connectivity index (χ0n) is 16.3. The van der Waals surface area contributed by atoms with Crippen LogP contribution in [0.1, 0.15) is 24.0 Å². The lowest BCUT2D eigenvalue weighted by Gasteiger charge is -2.45. The number of carboxylic acid groups (broad SMARTS) is 1. The second-order valence-electron chi connectivity index (χ2n) is 7.68. The van der Waals surface area contributed by atoms with E-state index in [9.17, 15) is 54.2 Å². The Morgan fingerprint density at radius 2 is 1.33 bits per heavy atom. The third-order valence-electron chi connectivity index (χ3n) is 5.79. The molecule has 1 aliphatic carbocycles. The van der Waals surface area contributed by atoms with E-state index in [0.29, 0.717) is 24.3 Å². The number of alkyl halides is 6. The molecule has 0 saturated heterocycles. The van der Waals surface area contributed by atoms with Gasteiger partial charge in [0.15, 0.2) is 9.84 Å². The van der Waals surface area contributed by atoms with E-state index >= 15 is 0 Å². The number of aliphatic hydroxyl groups is 1. The van der Waals surface area contributed by atoms with Gasteiger partial charge in [-0.3, -0.25) is 4.79 Å². The number of benzene rings is 2. The molecule has 0 bridgehead atoms. The van der Waals surface area contributed by atoms with Crippen molar-refractivity contribution < 1.29 is 54.2 Å². The van der Waals surface area contributed by atoms with Gasteiger partial charge in [-0.1, -0.05) is 24.3 Å². The molecule has 0 radical (unpaired) electrons. The van der Waals surface area contributed by atoms with E-state index in [2.05, 4.69) is 0 Å². The van der Waals surface area contributed by atoms with Crippen LogP contribution < -0.4 is 0 Å². The van der Waals surface area contributed by atoms with Crippen LogP contribution in [0.5, 0.6) is 0 Å². The van der Waals surface area contributed by atoms with Gasteiger partial charge in [-0.05, 0) is 42.7 Å². The van der Waals surface area contributed by atoms with Crippen LogP contribution in [-0.4, -0.2) is 37.0 Å². The number of halogens is 7. The Kier molecular flexibility index (Phi) is 5.82. The molecule has 2 aromatic rings. The van der Waals surface area contributed by atoms with Crippen molar-refractivity contribution in [1.29, 1.82) is 0 Å². The fraction of sp³-hybridized carbons (Fsp3) is 0.350. The highest BCUT2D eigenvalue weighted by molar-refractivity contribution is 7.92. The van der Waals surface area contributed by atoms with Crippen molar-refractivity contribution in [2.45, 2.75) is 40.4 Å². The van der Waals surface area contributed by atoms with Gasteiger partial charge in [0.05, 0.1) is 10.8 Å². The van der Waals surface area contributed by atoms with Crippen LogP contribution in [0.25, 0.3) is 0 Å². The molecule has 2 N–H and O–H groups in total. The van der Waals surface area contributed by atoms with Crippen molar-refractivity contribution in [3.8, 4) is 0 Å². The number of rotatable bonds is 5. The van der Waals surface area contributed by atoms with Gasteiger partial charge in [0.2, 0.25) is 0 Å². The van der Waals surface area contributed by atoms with Crippen molar-refractivity contribution in [3.05, 3.63) is 65.5 Å². The molecule has 0 aromatic heterocycles. The Labute approximate surface area is 182 Å². The molecule has 13 heteroatoms. The maximum atomic E-state index is 13.3. The molecule has 0 aliphatic heterocycles. The van der Waals surface area contributed by atoms with Gasteiger partial charge in [0, 0.05) is 5.56 Å². The van der Waals surface area contributed by atoms with Crippen LogP contribution in [0.4, 0.5) is 30.7 Å². The standard InChI is InChI=1S/C20H15F7O5S/c21-14-5-7-15(8-6-14)33(31,32)17(9-11(10-17)16(28)29)12-1-3-13(4-2-12)18(30,19(22,23)24)20(25,26)27/h1-8,11,30H,9-10H2,(H,28,29)/t11-,17+. The first kappa shape index (κ1) is 25.0. The van der Waals surface area contributed by atoms with Crippen LogP contribution in [-0.2, 0) is 25.0 Å². The Morgan fingerprint density at radius 1 is 0.879 bits per heavy atom. The summed E-state index contributed by atoms with van der Waals surface area (Å²) in [6.07, 6.45) is -13.3. The second kappa shape index (κ2) is 7.69. The highest BCUT2D eigenvalue weighted by atomic mass is 32.2. The fourth-order valence-electron chi connectivity index (χ4n) is 3.86. The minimum absolute atomic E-state index is 0.264. The quantitative estimate of drug-likeness (QED) is 0.472. The smallest absolute Gasteiger partial charge is 0.430 e. The zero-order valence-corrected chi connectivity index (χ0v) is 17.1. The zero-order chi connectivity index (χ0) is 25.0. The number of carboxylic acids is 1. The summed E-state index contributed by atoms with van der Waals surface area (Å²) >= 11 is 0. The van der Waals surface area contributed by atoms with Crippen molar-refractivity contribution in [2.24, 2.45) is 5.92 Å².